The van der Waals surface area contributed by atoms with Crippen molar-refractivity contribution in [3.63, 3.8) is 0 Å². The van der Waals surface area contributed by atoms with Crippen LogP contribution in [0, 0.1) is 0 Å². The Hall–Kier alpha value is -2.29. The number of benzene rings is 2. The highest BCUT2D eigenvalue weighted by atomic mass is 32.2. The fraction of sp³-hybridized carbons (Fsp3) is 0. The summed E-state index contributed by atoms with van der Waals surface area (Å²) >= 11 is 0. The fourth-order valence-corrected chi connectivity index (χ4v) is 3.61. The van der Waals surface area contributed by atoms with E-state index in [1.807, 2.05) is 0 Å². The summed E-state index contributed by atoms with van der Waals surface area (Å²) in [5.74, 6) is 0.0742. The van der Waals surface area contributed by atoms with E-state index in [1.54, 1.807) is 42.5 Å². The molecule has 3 aromatic rings. The smallest absolute Gasteiger partial charge is 0.510 e. The van der Waals surface area contributed by atoms with Gasteiger partial charge in [-0.3, -0.25) is 0 Å². The van der Waals surface area contributed by atoms with Crippen LogP contribution in [0.25, 0.3) is 10.9 Å². The average molecular weight is 317 g/mol. The maximum Gasteiger partial charge on any atom is 0.707 e. The van der Waals surface area contributed by atoms with E-state index < -0.39 is 17.3 Å². The lowest BCUT2D eigenvalue weighted by atomic mass is 10.2. The number of para-hydroxylation sites is 1. The van der Waals surface area contributed by atoms with E-state index in [4.69, 9.17) is 14.7 Å². The van der Waals surface area contributed by atoms with Crippen molar-refractivity contribution in [1.82, 2.24) is 3.97 Å². The van der Waals surface area contributed by atoms with Crippen molar-refractivity contribution >= 4 is 28.2 Å². The Morgan fingerprint density at radius 3 is 2.27 bits per heavy atom. The zero-order chi connectivity index (χ0) is 15.7. The standard InChI is InChI=1S/C14H12BNO5S/c17-15(18)21-14-10-16(13-9-5-4-8-12(13)14)22(19,20)11-6-2-1-3-7-11/h1-10,17-18H. The van der Waals surface area contributed by atoms with E-state index in [0.717, 1.165) is 3.97 Å². The van der Waals surface area contributed by atoms with Crippen molar-refractivity contribution in [3.05, 3.63) is 60.8 Å². The molecule has 8 heteroatoms. The van der Waals surface area contributed by atoms with Gasteiger partial charge in [-0.05, 0) is 24.3 Å². The highest BCUT2D eigenvalue weighted by molar-refractivity contribution is 7.90. The third-order valence-corrected chi connectivity index (χ3v) is 4.86. The predicted molar refractivity (Wildman–Crippen MR) is 81.8 cm³/mol. The van der Waals surface area contributed by atoms with Gasteiger partial charge in [-0.25, -0.2) is 12.4 Å². The molecule has 2 N–H and O–H groups in total. The van der Waals surface area contributed by atoms with E-state index in [0.29, 0.717) is 10.9 Å². The van der Waals surface area contributed by atoms with Crippen molar-refractivity contribution < 1.29 is 23.1 Å². The molecule has 2 aromatic carbocycles. The molecule has 1 aromatic heterocycles. The molecule has 0 saturated carbocycles. The molecule has 0 saturated heterocycles. The summed E-state index contributed by atoms with van der Waals surface area (Å²) in [5, 5.41) is 18.4. The Morgan fingerprint density at radius 1 is 0.955 bits per heavy atom. The Kier molecular flexibility index (Phi) is 3.65. The summed E-state index contributed by atoms with van der Waals surface area (Å²) in [6.07, 6.45) is 1.23. The van der Waals surface area contributed by atoms with Gasteiger partial charge in [-0.2, -0.15) is 0 Å². The lowest BCUT2D eigenvalue weighted by molar-refractivity contribution is 0.289. The largest absolute Gasteiger partial charge is 0.707 e. The molecule has 0 aliphatic rings. The minimum absolute atomic E-state index is 0.0742. The van der Waals surface area contributed by atoms with Gasteiger partial charge in [0.1, 0.15) is 5.75 Å². The van der Waals surface area contributed by atoms with Crippen LogP contribution in [0.3, 0.4) is 0 Å². The third-order valence-electron chi connectivity index (χ3n) is 3.17. The van der Waals surface area contributed by atoms with Gasteiger partial charge in [-0.15, -0.1) is 0 Å². The first-order valence-electron chi connectivity index (χ1n) is 6.43. The van der Waals surface area contributed by atoms with E-state index >= 15 is 0 Å². The van der Waals surface area contributed by atoms with Crippen molar-refractivity contribution in [3.8, 4) is 5.75 Å². The highest BCUT2D eigenvalue weighted by Crippen LogP contribution is 2.31. The molecule has 6 nitrogen and oxygen atoms in total. The van der Waals surface area contributed by atoms with Crippen LogP contribution in [0.4, 0.5) is 0 Å². The van der Waals surface area contributed by atoms with Crippen LogP contribution in [0.5, 0.6) is 5.75 Å². The number of nitrogens with zero attached hydrogens (tertiary/aromatic N) is 1. The Balaban J connectivity index is 2.23. The first-order valence-corrected chi connectivity index (χ1v) is 7.87. The van der Waals surface area contributed by atoms with Gasteiger partial charge in [0.25, 0.3) is 10.0 Å². The van der Waals surface area contributed by atoms with Crippen molar-refractivity contribution in [2.24, 2.45) is 0 Å². The van der Waals surface area contributed by atoms with Gasteiger partial charge < -0.3 is 14.7 Å². The zero-order valence-electron chi connectivity index (χ0n) is 11.3. The molecular formula is C14H12BNO5S. The molecular weight excluding hydrogens is 305 g/mol. The van der Waals surface area contributed by atoms with Crippen LogP contribution >= 0.6 is 0 Å². The SMILES string of the molecule is O=S(=O)(c1ccccc1)n1cc(OB(O)O)c2ccccc21. The summed E-state index contributed by atoms with van der Waals surface area (Å²) in [4.78, 5) is 0.131. The second-order valence-corrected chi connectivity index (χ2v) is 6.38. The van der Waals surface area contributed by atoms with Crippen molar-refractivity contribution in [1.29, 1.82) is 0 Å². The molecule has 0 amide bonds. The van der Waals surface area contributed by atoms with Crippen molar-refractivity contribution in [2.75, 3.05) is 0 Å². The summed E-state index contributed by atoms with van der Waals surface area (Å²) in [7, 11) is -5.84. The molecule has 0 radical (unpaired) electrons. The fourth-order valence-electron chi connectivity index (χ4n) is 2.23. The maximum atomic E-state index is 12.7. The molecule has 22 heavy (non-hydrogen) atoms. The van der Waals surface area contributed by atoms with Gasteiger partial charge in [0.05, 0.1) is 16.6 Å². The number of aromatic nitrogens is 1. The topological polar surface area (TPSA) is 88.8 Å². The van der Waals surface area contributed by atoms with Crippen molar-refractivity contribution in [2.45, 2.75) is 4.90 Å². The van der Waals surface area contributed by atoms with Crippen LogP contribution in [0.2, 0.25) is 0 Å². The summed E-state index contributed by atoms with van der Waals surface area (Å²) in [6.45, 7) is 0. The van der Waals surface area contributed by atoms with Crippen LogP contribution < -0.4 is 4.65 Å². The van der Waals surface area contributed by atoms with Crippen LogP contribution in [-0.4, -0.2) is 29.8 Å². The molecule has 0 fully saturated rings. The Labute approximate surface area is 127 Å². The van der Waals surface area contributed by atoms with Gasteiger partial charge in [0, 0.05) is 5.39 Å². The molecule has 0 unspecified atom stereocenters. The summed E-state index contributed by atoms with van der Waals surface area (Å²) < 4.78 is 31.4. The first kappa shape index (κ1) is 14.6. The molecule has 0 bridgehead atoms. The second kappa shape index (κ2) is 5.49. The molecule has 0 aliphatic carbocycles. The van der Waals surface area contributed by atoms with Gasteiger partial charge in [0.2, 0.25) is 0 Å². The lowest BCUT2D eigenvalue weighted by Crippen LogP contribution is -2.20. The van der Waals surface area contributed by atoms with Gasteiger partial charge in [-0.1, -0.05) is 30.3 Å². The van der Waals surface area contributed by atoms with E-state index in [9.17, 15) is 8.42 Å². The van der Waals surface area contributed by atoms with Crippen LogP contribution in [0.15, 0.2) is 65.7 Å². The second-order valence-electron chi connectivity index (χ2n) is 4.57. The lowest BCUT2D eigenvalue weighted by Gasteiger charge is -2.06. The minimum Gasteiger partial charge on any atom is -0.510 e. The van der Waals surface area contributed by atoms with Gasteiger partial charge >= 0.3 is 7.32 Å². The monoisotopic (exact) mass is 317 g/mol. The number of hydrogen-bond acceptors (Lipinski definition) is 5. The molecule has 0 aliphatic heterocycles. The summed E-state index contributed by atoms with van der Waals surface area (Å²) in [5.41, 5.74) is 0.391. The van der Waals surface area contributed by atoms with E-state index in [-0.39, 0.29) is 10.6 Å². The maximum absolute atomic E-state index is 12.7. The first-order chi connectivity index (χ1) is 10.5. The molecule has 0 spiro atoms. The predicted octanol–water partition coefficient (Wildman–Crippen LogP) is 1.23. The summed E-state index contributed by atoms with van der Waals surface area (Å²) in [6, 6.07) is 14.6. The molecule has 1 heterocycles. The molecule has 0 atom stereocenters. The van der Waals surface area contributed by atoms with Crippen LogP contribution in [-0.2, 0) is 10.0 Å². The van der Waals surface area contributed by atoms with E-state index in [2.05, 4.69) is 0 Å². The zero-order valence-corrected chi connectivity index (χ0v) is 12.1. The van der Waals surface area contributed by atoms with Gasteiger partial charge in [0.15, 0.2) is 0 Å². The Bertz CT molecular complexity index is 905. The molecule has 3 rings (SSSR count). The number of fused-ring (bicyclic) bond motifs is 1. The molecule has 112 valence electrons. The average Bonchev–Trinajstić information content (AvgIpc) is 2.87. The number of rotatable bonds is 4. The highest BCUT2D eigenvalue weighted by Gasteiger charge is 2.23. The third kappa shape index (κ3) is 2.48. The van der Waals surface area contributed by atoms with E-state index in [1.165, 1.54) is 18.3 Å². The minimum atomic E-state index is -3.81. The normalized spacial score (nSPS) is 11.5. The Morgan fingerprint density at radius 2 is 1.59 bits per heavy atom. The number of hydrogen-bond donors (Lipinski definition) is 2. The quantitative estimate of drug-likeness (QED) is 0.707. The van der Waals surface area contributed by atoms with Crippen LogP contribution in [0.1, 0.15) is 0 Å².